The molecule has 0 aliphatic carbocycles. The molecule has 1 aromatic carbocycles. The molecule has 2 heterocycles. The number of ether oxygens (including phenoxy) is 2. The van der Waals surface area contributed by atoms with Gasteiger partial charge in [-0.05, 0) is 31.9 Å². The summed E-state index contributed by atoms with van der Waals surface area (Å²) in [5.41, 5.74) is 0.916. The van der Waals surface area contributed by atoms with Crippen LogP contribution in [0.4, 0.5) is 4.79 Å². The lowest BCUT2D eigenvalue weighted by Crippen LogP contribution is -2.43. The third kappa shape index (κ3) is 3.84. The molecule has 1 aliphatic heterocycles. The molecule has 0 bridgehead atoms. The molecule has 1 atom stereocenters. The van der Waals surface area contributed by atoms with E-state index in [1.165, 1.54) is 11.3 Å². The number of hydrogen-bond acceptors (Lipinski definition) is 6. The van der Waals surface area contributed by atoms with Crippen molar-refractivity contribution in [2.45, 2.75) is 26.4 Å². The lowest BCUT2D eigenvalue weighted by molar-refractivity contribution is -0.151. The number of nitrogens with zero attached hydrogens (tertiary/aromatic N) is 2. The molecule has 0 radical (unpaired) electrons. The van der Waals surface area contributed by atoms with E-state index < -0.39 is 0 Å². The molecule has 2 aromatic rings. The average Bonchev–Trinajstić information content (AvgIpc) is 3.03. The molecule has 24 heavy (non-hydrogen) atoms. The largest absolute Gasteiger partial charge is 0.458 e. The number of amides is 1. The van der Waals surface area contributed by atoms with Gasteiger partial charge in [-0.15, -0.1) is 11.3 Å². The Labute approximate surface area is 144 Å². The van der Waals surface area contributed by atoms with Crippen molar-refractivity contribution in [1.82, 2.24) is 9.88 Å². The van der Waals surface area contributed by atoms with Gasteiger partial charge in [-0.3, -0.25) is 4.79 Å². The second-order valence-electron chi connectivity index (χ2n) is 5.67. The highest BCUT2D eigenvalue weighted by atomic mass is 32.1. The third-order valence-corrected chi connectivity index (χ3v) is 4.97. The van der Waals surface area contributed by atoms with Gasteiger partial charge in [0.05, 0.1) is 22.7 Å². The first-order valence-corrected chi connectivity index (χ1v) is 8.92. The van der Waals surface area contributed by atoms with E-state index in [1.54, 1.807) is 11.8 Å². The van der Waals surface area contributed by atoms with Crippen molar-refractivity contribution < 1.29 is 19.1 Å². The van der Waals surface area contributed by atoms with E-state index in [0.29, 0.717) is 19.7 Å². The SMILES string of the molecule is CCOC(=O)N1CCCC(C(=O)OCc2nc3ccccc3s2)C1. The summed E-state index contributed by atoms with van der Waals surface area (Å²) in [4.78, 5) is 30.1. The van der Waals surface area contributed by atoms with Crippen LogP contribution in [0.5, 0.6) is 0 Å². The number of benzene rings is 1. The standard InChI is InChI=1S/C17H20N2O4S/c1-2-22-17(21)19-9-5-6-12(10-19)16(20)23-11-15-18-13-7-3-4-8-14(13)24-15/h3-4,7-8,12H,2,5-6,9-11H2,1H3. The highest BCUT2D eigenvalue weighted by Crippen LogP contribution is 2.23. The van der Waals surface area contributed by atoms with Crippen LogP contribution in [-0.2, 0) is 20.9 Å². The van der Waals surface area contributed by atoms with Crippen LogP contribution in [0.1, 0.15) is 24.8 Å². The minimum atomic E-state index is -0.360. The quantitative estimate of drug-likeness (QED) is 0.794. The molecule has 1 unspecified atom stereocenters. The zero-order chi connectivity index (χ0) is 16.9. The molecule has 7 heteroatoms. The number of esters is 1. The molecular weight excluding hydrogens is 328 g/mol. The van der Waals surface area contributed by atoms with Gasteiger partial charge in [-0.25, -0.2) is 9.78 Å². The van der Waals surface area contributed by atoms with Crippen molar-refractivity contribution in [3.8, 4) is 0 Å². The minimum Gasteiger partial charge on any atom is -0.458 e. The van der Waals surface area contributed by atoms with Gasteiger partial charge in [0, 0.05) is 13.1 Å². The van der Waals surface area contributed by atoms with Gasteiger partial charge in [0.2, 0.25) is 0 Å². The summed E-state index contributed by atoms with van der Waals surface area (Å²) in [6.07, 6.45) is 1.15. The molecule has 1 fully saturated rings. The smallest absolute Gasteiger partial charge is 0.409 e. The number of piperidine rings is 1. The first-order chi connectivity index (χ1) is 11.7. The van der Waals surface area contributed by atoms with Gasteiger partial charge < -0.3 is 14.4 Å². The van der Waals surface area contributed by atoms with E-state index in [1.807, 2.05) is 24.3 Å². The maximum absolute atomic E-state index is 12.3. The van der Waals surface area contributed by atoms with Gasteiger partial charge >= 0.3 is 12.1 Å². The fourth-order valence-electron chi connectivity index (χ4n) is 2.78. The Balaban J connectivity index is 1.55. The van der Waals surface area contributed by atoms with Crippen molar-refractivity contribution in [1.29, 1.82) is 0 Å². The Bertz CT molecular complexity index is 697. The van der Waals surface area contributed by atoms with E-state index in [0.717, 1.165) is 28.1 Å². The van der Waals surface area contributed by atoms with Crippen molar-refractivity contribution in [3.05, 3.63) is 29.3 Å². The summed E-state index contributed by atoms with van der Waals surface area (Å²) in [5.74, 6) is -0.569. The molecule has 0 saturated carbocycles. The maximum atomic E-state index is 12.3. The summed E-state index contributed by atoms with van der Waals surface area (Å²) >= 11 is 1.53. The van der Waals surface area contributed by atoms with Crippen LogP contribution in [0, 0.1) is 5.92 Å². The van der Waals surface area contributed by atoms with Crippen molar-refractivity contribution >= 4 is 33.6 Å². The van der Waals surface area contributed by atoms with Gasteiger partial charge in [0.15, 0.2) is 0 Å². The second-order valence-corrected chi connectivity index (χ2v) is 6.78. The Kier molecular flexibility index (Phi) is 5.30. The number of rotatable bonds is 4. The summed E-state index contributed by atoms with van der Waals surface area (Å²) in [6.45, 7) is 3.26. The van der Waals surface area contributed by atoms with E-state index in [-0.39, 0.29) is 24.6 Å². The van der Waals surface area contributed by atoms with Crippen molar-refractivity contribution in [3.63, 3.8) is 0 Å². The number of para-hydroxylation sites is 1. The normalized spacial score (nSPS) is 17.7. The first-order valence-electron chi connectivity index (χ1n) is 8.10. The van der Waals surface area contributed by atoms with E-state index in [2.05, 4.69) is 4.98 Å². The van der Waals surface area contributed by atoms with Gasteiger partial charge in [0.1, 0.15) is 11.6 Å². The number of hydrogen-bond donors (Lipinski definition) is 0. The molecular formula is C17H20N2O4S. The molecule has 1 amide bonds. The average molecular weight is 348 g/mol. The van der Waals surface area contributed by atoms with Crippen LogP contribution >= 0.6 is 11.3 Å². The zero-order valence-electron chi connectivity index (χ0n) is 13.6. The summed E-state index contributed by atoms with van der Waals surface area (Å²) < 4.78 is 11.5. The third-order valence-electron chi connectivity index (χ3n) is 3.96. The Morgan fingerprint density at radius 1 is 1.33 bits per heavy atom. The molecule has 6 nitrogen and oxygen atoms in total. The highest BCUT2D eigenvalue weighted by molar-refractivity contribution is 7.18. The van der Waals surface area contributed by atoms with Crippen LogP contribution in [0.15, 0.2) is 24.3 Å². The van der Waals surface area contributed by atoms with Crippen LogP contribution in [0.3, 0.4) is 0 Å². The van der Waals surface area contributed by atoms with Crippen LogP contribution in [-0.4, -0.2) is 41.6 Å². The van der Waals surface area contributed by atoms with Crippen LogP contribution in [0.2, 0.25) is 0 Å². The number of carbonyl (C=O) groups excluding carboxylic acids is 2. The van der Waals surface area contributed by atoms with Crippen LogP contribution < -0.4 is 0 Å². The Morgan fingerprint density at radius 3 is 2.96 bits per heavy atom. The predicted octanol–water partition coefficient (Wildman–Crippen LogP) is 3.21. The fraction of sp³-hybridized carbons (Fsp3) is 0.471. The summed E-state index contributed by atoms with van der Waals surface area (Å²) in [5, 5.41) is 0.780. The number of thiazole rings is 1. The number of aromatic nitrogens is 1. The number of fused-ring (bicyclic) bond motifs is 1. The second kappa shape index (κ2) is 7.61. The Morgan fingerprint density at radius 2 is 2.17 bits per heavy atom. The molecule has 0 spiro atoms. The van der Waals surface area contributed by atoms with Crippen molar-refractivity contribution in [2.75, 3.05) is 19.7 Å². The molecule has 1 saturated heterocycles. The molecule has 1 aromatic heterocycles. The lowest BCUT2D eigenvalue weighted by atomic mass is 9.99. The topological polar surface area (TPSA) is 68.7 Å². The van der Waals surface area contributed by atoms with Gasteiger partial charge in [0.25, 0.3) is 0 Å². The van der Waals surface area contributed by atoms with Gasteiger partial charge in [-0.1, -0.05) is 12.1 Å². The van der Waals surface area contributed by atoms with E-state index >= 15 is 0 Å². The van der Waals surface area contributed by atoms with E-state index in [4.69, 9.17) is 9.47 Å². The lowest BCUT2D eigenvalue weighted by Gasteiger charge is -2.30. The number of carbonyl (C=O) groups is 2. The summed E-state index contributed by atoms with van der Waals surface area (Å²) in [6, 6.07) is 7.83. The molecule has 3 rings (SSSR count). The number of likely N-dealkylation sites (tertiary alicyclic amines) is 1. The minimum absolute atomic E-state index is 0.175. The fourth-order valence-corrected chi connectivity index (χ4v) is 3.66. The van der Waals surface area contributed by atoms with Crippen LogP contribution in [0.25, 0.3) is 10.2 Å². The van der Waals surface area contributed by atoms with Gasteiger partial charge in [-0.2, -0.15) is 0 Å². The Hall–Kier alpha value is -2.15. The van der Waals surface area contributed by atoms with E-state index in [9.17, 15) is 9.59 Å². The molecule has 128 valence electrons. The molecule has 0 N–H and O–H groups in total. The zero-order valence-corrected chi connectivity index (χ0v) is 14.4. The predicted molar refractivity (Wildman–Crippen MR) is 90.7 cm³/mol. The summed E-state index contributed by atoms with van der Waals surface area (Å²) in [7, 11) is 0. The molecule has 1 aliphatic rings. The maximum Gasteiger partial charge on any atom is 0.409 e. The highest BCUT2D eigenvalue weighted by Gasteiger charge is 2.30. The monoisotopic (exact) mass is 348 g/mol. The first kappa shape index (κ1) is 16.7. The van der Waals surface area contributed by atoms with Crippen molar-refractivity contribution in [2.24, 2.45) is 5.92 Å².